The topological polar surface area (TPSA) is 73.8 Å². The number of benzene rings is 1. The van der Waals surface area contributed by atoms with E-state index in [9.17, 15) is 4.79 Å². The van der Waals surface area contributed by atoms with Crippen molar-refractivity contribution in [2.75, 3.05) is 32.2 Å². The van der Waals surface area contributed by atoms with Crippen LogP contribution in [0.2, 0.25) is 0 Å². The normalized spacial score (nSPS) is 18.0. The fraction of sp³-hybridized carbons (Fsp3) is 0.450. The van der Waals surface area contributed by atoms with E-state index in [2.05, 4.69) is 15.1 Å². The molecule has 0 N–H and O–H groups in total. The minimum Gasteiger partial charge on any atom is -0.493 e. The molecule has 4 rings (SSSR count). The van der Waals surface area contributed by atoms with Crippen LogP contribution in [0.1, 0.15) is 35.3 Å². The highest BCUT2D eigenvalue weighted by Gasteiger charge is 2.44. The Morgan fingerprint density at radius 2 is 1.85 bits per heavy atom. The number of carbonyl (C=O) groups is 1. The third-order valence-corrected chi connectivity index (χ3v) is 5.38. The van der Waals surface area contributed by atoms with Gasteiger partial charge in [0.25, 0.3) is 0 Å². The van der Waals surface area contributed by atoms with E-state index >= 15 is 0 Å². The molecular formula is C20H23N3O4. The van der Waals surface area contributed by atoms with E-state index in [4.69, 9.17) is 14.2 Å². The number of methoxy groups -OCH3 is 2. The van der Waals surface area contributed by atoms with E-state index in [-0.39, 0.29) is 5.78 Å². The molecule has 1 aromatic carbocycles. The van der Waals surface area contributed by atoms with E-state index in [1.54, 1.807) is 26.4 Å². The average Bonchev–Trinajstić information content (AvgIpc) is 2.68. The van der Waals surface area contributed by atoms with Crippen molar-refractivity contribution in [3.05, 3.63) is 35.5 Å². The van der Waals surface area contributed by atoms with Gasteiger partial charge in [0.15, 0.2) is 23.1 Å². The number of anilines is 1. The Hall–Kier alpha value is -2.83. The molecule has 2 aliphatic heterocycles. The van der Waals surface area contributed by atoms with Crippen LogP contribution in [-0.2, 0) is 0 Å². The van der Waals surface area contributed by atoms with Gasteiger partial charge >= 0.3 is 0 Å². The summed E-state index contributed by atoms with van der Waals surface area (Å²) >= 11 is 0. The number of fused-ring (bicyclic) bond motifs is 1. The van der Waals surface area contributed by atoms with Crippen LogP contribution >= 0.6 is 0 Å². The number of hydrogen-bond donors (Lipinski definition) is 0. The van der Waals surface area contributed by atoms with E-state index in [1.807, 2.05) is 19.1 Å². The smallest absolute Gasteiger partial charge is 0.204 e. The highest BCUT2D eigenvalue weighted by Crippen LogP contribution is 2.47. The zero-order valence-corrected chi connectivity index (χ0v) is 15.8. The molecule has 3 heterocycles. The van der Waals surface area contributed by atoms with Crippen molar-refractivity contribution in [2.45, 2.75) is 31.8 Å². The molecule has 2 aromatic rings. The second-order valence-electron chi connectivity index (χ2n) is 7.08. The van der Waals surface area contributed by atoms with Crippen LogP contribution in [0.5, 0.6) is 17.2 Å². The first-order valence-electron chi connectivity index (χ1n) is 9.08. The molecule has 0 radical (unpaired) electrons. The lowest BCUT2D eigenvalue weighted by Gasteiger charge is -2.44. The number of rotatable bonds is 3. The Labute approximate surface area is 158 Å². The summed E-state index contributed by atoms with van der Waals surface area (Å²) in [5, 5.41) is 8.40. The summed E-state index contributed by atoms with van der Waals surface area (Å²) in [5.74, 6) is 2.48. The van der Waals surface area contributed by atoms with Crippen LogP contribution < -0.4 is 19.1 Å². The quantitative estimate of drug-likeness (QED) is 0.823. The average molecular weight is 369 g/mol. The fourth-order valence-electron chi connectivity index (χ4n) is 3.84. The van der Waals surface area contributed by atoms with Crippen molar-refractivity contribution in [1.29, 1.82) is 0 Å². The molecule has 0 saturated carbocycles. The predicted molar refractivity (Wildman–Crippen MR) is 100 cm³/mol. The predicted octanol–water partition coefficient (Wildman–Crippen LogP) is 2.81. The molecule has 0 bridgehead atoms. The molecule has 0 atom stereocenters. The minimum atomic E-state index is -0.516. The number of ketones is 1. The maximum atomic E-state index is 12.8. The number of nitrogens with zero attached hydrogens (tertiary/aromatic N) is 3. The number of aryl methyl sites for hydroxylation is 1. The summed E-state index contributed by atoms with van der Waals surface area (Å²) in [6.07, 6.45) is 1.84. The van der Waals surface area contributed by atoms with Crippen LogP contribution in [0.4, 0.5) is 5.82 Å². The van der Waals surface area contributed by atoms with E-state index in [1.165, 1.54) is 0 Å². The molecule has 7 nitrogen and oxygen atoms in total. The maximum absolute atomic E-state index is 12.8. The summed E-state index contributed by atoms with van der Waals surface area (Å²) in [7, 11) is 3.14. The summed E-state index contributed by atoms with van der Waals surface area (Å²) in [5.41, 5.74) is 0.939. The van der Waals surface area contributed by atoms with Gasteiger partial charge in [-0.1, -0.05) is 0 Å². The highest BCUT2D eigenvalue weighted by molar-refractivity contribution is 6.01. The lowest BCUT2D eigenvalue weighted by atomic mass is 9.82. The number of carbonyl (C=O) groups excluding carboxylic acids is 1. The van der Waals surface area contributed by atoms with Crippen molar-refractivity contribution < 1.29 is 19.0 Å². The maximum Gasteiger partial charge on any atom is 0.204 e. The van der Waals surface area contributed by atoms with Gasteiger partial charge < -0.3 is 19.1 Å². The largest absolute Gasteiger partial charge is 0.493 e. The number of ether oxygens (including phenoxy) is 3. The fourth-order valence-corrected chi connectivity index (χ4v) is 3.84. The SMILES string of the molecule is COc1ccc2c(c1OC)OC1(CCN(c3ccc(C)nn3)CC1)CC2=O. The zero-order chi connectivity index (χ0) is 19.0. The lowest BCUT2D eigenvalue weighted by Crippen LogP contribution is -2.51. The van der Waals surface area contributed by atoms with Gasteiger partial charge in [0.2, 0.25) is 5.75 Å². The first-order valence-corrected chi connectivity index (χ1v) is 9.08. The second kappa shape index (κ2) is 6.72. The van der Waals surface area contributed by atoms with Gasteiger partial charge in [0, 0.05) is 25.9 Å². The number of aromatic nitrogens is 2. The lowest BCUT2D eigenvalue weighted by molar-refractivity contribution is 0.0207. The number of hydrogen-bond acceptors (Lipinski definition) is 7. The minimum absolute atomic E-state index is 0.0841. The Balaban J connectivity index is 1.58. The highest BCUT2D eigenvalue weighted by atomic mass is 16.5. The van der Waals surface area contributed by atoms with Crippen molar-refractivity contribution >= 4 is 11.6 Å². The monoisotopic (exact) mass is 369 g/mol. The van der Waals surface area contributed by atoms with E-state index < -0.39 is 5.60 Å². The molecular weight excluding hydrogens is 346 g/mol. The molecule has 0 unspecified atom stereocenters. The summed E-state index contributed by atoms with van der Waals surface area (Å²) in [6, 6.07) is 7.44. The molecule has 0 aliphatic carbocycles. The third-order valence-electron chi connectivity index (χ3n) is 5.38. The van der Waals surface area contributed by atoms with Crippen LogP contribution in [0.3, 0.4) is 0 Å². The Bertz CT molecular complexity index is 858. The molecule has 7 heteroatoms. The van der Waals surface area contributed by atoms with Gasteiger partial charge in [-0.15, -0.1) is 5.10 Å². The molecule has 27 heavy (non-hydrogen) atoms. The van der Waals surface area contributed by atoms with Gasteiger partial charge in [0.05, 0.1) is 31.9 Å². The first-order chi connectivity index (χ1) is 13.0. The molecule has 1 aromatic heterocycles. The van der Waals surface area contributed by atoms with E-state index in [0.717, 1.165) is 37.4 Å². The van der Waals surface area contributed by atoms with Crippen LogP contribution in [0.25, 0.3) is 0 Å². The van der Waals surface area contributed by atoms with Gasteiger partial charge in [0.1, 0.15) is 5.60 Å². The van der Waals surface area contributed by atoms with Gasteiger partial charge in [-0.05, 0) is 31.2 Å². The number of Topliss-reactive ketones (excluding diaryl/α,β-unsaturated/α-hetero) is 1. The molecule has 1 fully saturated rings. The second-order valence-corrected chi connectivity index (χ2v) is 7.08. The number of piperidine rings is 1. The van der Waals surface area contributed by atoms with Crippen molar-refractivity contribution in [3.63, 3.8) is 0 Å². The van der Waals surface area contributed by atoms with Gasteiger partial charge in [-0.3, -0.25) is 4.79 Å². The summed E-state index contributed by atoms with van der Waals surface area (Å²) in [6.45, 7) is 3.43. The zero-order valence-electron chi connectivity index (χ0n) is 15.8. The molecule has 0 amide bonds. The van der Waals surface area contributed by atoms with E-state index in [0.29, 0.717) is 29.2 Å². The summed E-state index contributed by atoms with van der Waals surface area (Å²) in [4.78, 5) is 15.0. The third kappa shape index (κ3) is 3.07. The Morgan fingerprint density at radius 1 is 1.07 bits per heavy atom. The standard InChI is InChI=1S/C20H23N3O4/c1-13-4-7-17(22-21-13)23-10-8-20(9-11-23)12-15(24)14-5-6-16(25-2)19(26-3)18(14)27-20/h4-7H,8-12H2,1-3H3. The van der Waals surface area contributed by atoms with Gasteiger partial charge in [-0.25, -0.2) is 0 Å². The molecule has 142 valence electrons. The first kappa shape index (κ1) is 17.6. The summed E-state index contributed by atoms with van der Waals surface area (Å²) < 4.78 is 17.3. The van der Waals surface area contributed by atoms with Crippen LogP contribution in [0.15, 0.2) is 24.3 Å². The van der Waals surface area contributed by atoms with Gasteiger partial charge in [-0.2, -0.15) is 5.10 Å². The van der Waals surface area contributed by atoms with Crippen molar-refractivity contribution in [3.8, 4) is 17.2 Å². The van der Waals surface area contributed by atoms with Crippen molar-refractivity contribution in [2.24, 2.45) is 0 Å². The van der Waals surface area contributed by atoms with Crippen molar-refractivity contribution in [1.82, 2.24) is 10.2 Å². The molecule has 2 aliphatic rings. The Morgan fingerprint density at radius 3 is 2.48 bits per heavy atom. The molecule has 1 spiro atoms. The Kier molecular flexibility index (Phi) is 4.37. The van der Waals surface area contributed by atoms with Crippen LogP contribution in [-0.4, -0.2) is 48.9 Å². The molecule has 1 saturated heterocycles. The van der Waals surface area contributed by atoms with Crippen LogP contribution in [0, 0.1) is 6.92 Å².